The first-order chi connectivity index (χ1) is 7.25. The number of carbonyl (C=O) groups is 1. The van der Waals surface area contributed by atoms with Crippen LogP contribution < -0.4 is 10.6 Å². The van der Waals surface area contributed by atoms with Gasteiger partial charge in [0.1, 0.15) is 0 Å². The molecule has 0 aromatic heterocycles. The zero-order chi connectivity index (χ0) is 10.7. The Morgan fingerprint density at radius 3 is 2.93 bits per heavy atom. The number of nitrogens with zero attached hydrogens (tertiary/aromatic N) is 1. The Bertz CT molecular complexity index is 267. The summed E-state index contributed by atoms with van der Waals surface area (Å²) in [4.78, 5) is 14.8. The molecule has 3 N–H and O–H groups in total. The first-order valence-corrected chi connectivity index (χ1v) is 5.53. The molecule has 3 atom stereocenters. The molecule has 1 aliphatic carbocycles. The summed E-state index contributed by atoms with van der Waals surface area (Å²) in [5, 5.41) is 15.7. The standard InChI is InChI=1S/C10H17N3O2/c14-8-5-3-1-2-4-7(8)12-10-11-6-9(15)13-10/h6-8,10,12,14H,1-5H2,(H,13,15)/t7-,8-,10?/m1/s1. The van der Waals surface area contributed by atoms with Gasteiger partial charge >= 0.3 is 0 Å². The normalized spacial score (nSPS) is 36.3. The van der Waals surface area contributed by atoms with Crippen LogP contribution in [-0.4, -0.2) is 35.7 Å². The average Bonchev–Trinajstić information content (AvgIpc) is 2.50. The van der Waals surface area contributed by atoms with Crippen molar-refractivity contribution in [1.29, 1.82) is 0 Å². The minimum atomic E-state index is -0.352. The van der Waals surface area contributed by atoms with Crippen molar-refractivity contribution >= 4 is 12.1 Å². The van der Waals surface area contributed by atoms with Gasteiger partial charge in [0.05, 0.1) is 12.3 Å². The van der Waals surface area contributed by atoms with Gasteiger partial charge in [0, 0.05) is 6.04 Å². The second kappa shape index (κ2) is 4.72. The molecule has 1 unspecified atom stereocenters. The zero-order valence-corrected chi connectivity index (χ0v) is 8.65. The Balaban J connectivity index is 1.86. The molecule has 15 heavy (non-hydrogen) atoms. The molecular formula is C10H17N3O2. The lowest BCUT2D eigenvalue weighted by molar-refractivity contribution is -0.114. The number of aliphatic imine (C=N–C) groups is 1. The summed E-state index contributed by atoms with van der Waals surface area (Å²) in [6, 6.07) is 0.0491. The maximum Gasteiger partial charge on any atom is 0.264 e. The monoisotopic (exact) mass is 211 g/mol. The van der Waals surface area contributed by atoms with Crippen LogP contribution in [0.3, 0.4) is 0 Å². The summed E-state index contributed by atoms with van der Waals surface area (Å²) in [7, 11) is 0. The van der Waals surface area contributed by atoms with Crippen molar-refractivity contribution in [2.45, 2.75) is 50.5 Å². The van der Waals surface area contributed by atoms with Gasteiger partial charge in [-0.25, -0.2) is 4.99 Å². The summed E-state index contributed by atoms with van der Waals surface area (Å²) in [6.45, 7) is 0. The molecule has 5 heteroatoms. The van der Waals surface area contributed by atoms with Crippen LogP contribution in [0.4, 0.5) is 0 Å². The second-order valence-electron chi connectivity index (χ2n) is 4.17. The van der Waals surface area contributed by atoms with Crippen LogP contribution in [0.15, 0.2) is 4.99 Å². The van der Waals surface area contributed by atoms with Gasteiger partial charge in [0.2, 0.25) is 0 Å². The molecule has 0 aromatic carbocycles. The van der Waals surface area contributed by atoms with Crippen molar-refractivity contribution in [3.63, 3.8) is 0 Å². The van der Waals surface area contributed by atoms with Crippen molar-refractivity contribution in [1.82, 2.24) is 10.6 Å². The average molecular weight is 211 g/mol. The molecule has 1 aliphatic heterocycles. The minimum absolute atomic E-state index is 0.0491. The number of carbonyl (C=O) groups excluding carboxylic acids is 1. The lowest BCUT2D eigenvalue weighted by atomic mass is 10.1. The van der Waals surface area contributed by atoms with Crippen LogP contribution in [0.1, 0.15) is 32.1 Å². The van der Waals surface area contributed by atoms with E-state index in [1.165, 1.54) is 12.6 Å². The largest absolute Gasteiger partial charge is 0.392 e. The number of nitrogens with one attached hydrogen (secondary N) is 2. The highest BCUT2D eigenvalue weighted by atomic mass is 16.3. The van der Waals surface area contributed by atoms with Crippen LogP contribution in [0.25, 0.3) is 0 Å². The van der Waals surface area contributed by atoms with E-state index in [1.807, 2.05) is 0 Å². The molecule has 1 heterocycles. The Morgan fingerprint density at radius 2 is 2.20 bits per heavy atom. The van der Waals surface area contributed by atoms with Gasteiger partial charge in [-0.2, -0.15) is 0 Å². The van der Waals surface area contributed by atoms with Crippen molar-refractivity contribution < 1.29 is 9.90 Å². The summed E-state index contributed by atoms with van der Waals surface area (Å²) in [5.41, 5.74) is 0. The smallest absolute Gasteiger partial charge is 0.264 e. The van der Waals surface area contributed by atoms with Crippen LogP contribution in [0.5, 0.6) is 0 Å². The van der Waals surface area contributed by atoms with Crippen LogP contribution in [-0.2, 0) is 4.79 Å². The predicted molar refractivity (Wildman–Crippen MR) is 56.4 cm³/mol. The number of amides is 1. The molecule has 0 radical (unpaired) electrons. The van der Waals surface area contributed by atoms with Crippen molar-refractivity contribution in [2.24, 2.45) is 4.99 Å². The fourth-order valence-corrected chi connectivity index (χ4v) is 2.12. The highest BCUT2D eigenvalue weighted by Crippen LogP contribution is 2.18. The highest BCUT2D eigenvalue weighted by molar-refractivity contribution is 6.27. The van der Waals surface area contributed by atoms with Crippen molar-refractivity contribution in [3.05, 3.63) is 0 Å². The number of aliphatic hydroxyl groups excluding tert-OH is 1. The summed E-state index contributed by atoms with van der Waals surface area (Å²) < 4.78 is 0. The Morgan fingerprint density at radius 1 is 1.40 bits per heavy atom. The van der Waals surface area contributed by atoms with Crippen molar-refractivity contribution in [3.8, 4) is 0 Å². The van der Waals surface area contributed by atoms with Crippen LogP contribution in [0.2, 0.25) is 0 Å². The van der Waals surface area contributed by atoms with E-state index < -0.39 is 0 Å². The van der Waals surface area contributed by atoms with E-state index in [1.54, 1.807) is 0 Å². The lowest BCUT2D eigenvalue weighted by Gasteiger charge is -2.24. The maximum absolute atomic E-state index is 10.9. The third kappa shape index (κ3) is 2.76. The molecular weight excluding hydrogens is 194 g/mol. The third-order valence-electron chi connectivity index (χ3n) is 2.97. The van der Waals surface area contributed by atoms with Gasteiger partial charge in [0.15, 0.2) is 6.29 Å². The number of rotatable bonds is 2. The molecule has 1 amide bonds. The van der Waals surface area contributed by atoms with Crippen molar-refractivity contribution in [2.75, 3.05) is 0 Å². The number of hydrogen-bond donors (Lipinski definition) is 3. The second-order valence-corrected chi connectivity index (χ2v) is 4.17. The molecule has 0 bridgehead atoms. The maximum atomic E-state index is 10.9. The molecule has 0 aromatic rings. The van der Waals surface area contributed by atoms with Gasteiger partial charge in [-0.3, -0.25) is 10.1 Å². The third-order valence-corrected chi connectivity index (χ3v) is 2.97. The summed E-state index contributed by atoms with van der Waals surface area (Å²) in [6.07, 6.45) is 5.77. The van der Waals surface area contributed by atoms with E-state index in [0.717, 1.165) is 25.7 Å². The van der Waals surface area contributed by atoms with Gasteiger partial charge in [-0.1, -0.05) is 19.3 Å². The number of aliphatic hydroxyl groups is 1. The first-order valence-electron chi connectivity index (χ1n) is 5.53. The quantitative estimate of drug-likeness (QED) is 0.552. The fourth-order valence-electron chi connectivity index (χ4n) is 2.12. The molecule has 0 spiro atoms. The molecule has 84 valence electrons. The van der Waals surface area contributed by atoms with Gasteiger partial charge in [0.25, 0.3) is 5.91 Å². The van der Waals surface area contributed by atoms with Crippen LogP contribution in [0, 0.1) is 0 Å². The minimum Gasteiger partial charge on any atom is -0.392 e. The van der Waals surface area contributed by atoms with E-state index in [4.69, 9.17) is 0 Å². The molecule has 5 nitrogen and oxygen atoms in total. The highest BCUT2D eigenvalue weighted by Gasteiger charge is 2.25. The Labute approximate surface area is 89.0 Å². The molecule has 2 rings (SSSR count). The van der Waals surface area contributed by atoms with E-state index in [0.29, 0.717) is 0 Å². The van der Waals surface area contributed by atoms with E-state index in [9.17, 15) is 9.90 Å². The lowest BCUT2D eigenvalue weighted by Crippen LogP contribution is -2.49. The Hall–Kier alpha value is -0.940. The Kier molecular flexibility index (Phi) is 3.33. The van der Waals surface area contributed by atoms with Crippen LogP contribution >= 0.6 is 0 Å². The molecule has 0 saturated heterocycles. The molecule has 1 saturated carbocycles. The SMILES string of the molecule is O=C1C=NC(N[C@@H]2CCCCC[C@H]2O)N1. The van der Waals surface area contributed by atoms with E-state index in [2.05, 4.69) is 15.6 Å². The number of hydrogen-bond acceptors (Lipinski definition) is 4. The van der Waals surface area contributed by atoms with Gasteiger partial charge in [-0.05, 0) is 12.8 Å². The van der Waals surface area contributed by atoms with E-state index >= 15 is 0 Å². The van der Waals surface area contributed by atoms with Gasteiger partial charge in [-0.15, -0.1) is 0 Å². The summed E-state index contributed by atoms with van der Waals surface area (Å²) in [5.74, 6) is -0.171. The fraction of sp³-hybridized carbons (Fsp3) is 0.800. The zero-order valence-electron chi connectivity index (χ0n) is 8.65. The van der Waals surface area contributed by atoms with E-state index in [-0.39, 0.29) is 24.3 Å². The molecule has 2 aliphatic rings. The molecule has 1 fully saturated rings. The van der Waals surface area contributed by atoms with Gasteiger partial charge < -0.3 is 10.4 Å². The predicted octanol–water partition coefficient (Wildman–Crippen LogP) is -0.246. The summed E-state index contributed by atoms with van der Waals surface area (Å²) >= 11 is 0. The topological polar surface area (TPSA) is 73.7 Å². The first kappa shape index (κ1) is 10.6.